The highest BCUT2D eigenvalue weighted by atomic mass is 35.5. The molecule has 2 saturated heterocycles. The molecule has 2 aliphatic heterocycles. The summed E-state index contributed by atoms with van der Waals surface area (Å²) in [5, 5.41) is 13.5. The Labute approximate surface area is 172 Å². The maximum atomic E-state index is 12.7. The summed E-state index contributed by atoms with van der Waals surface area (Å²) in [6.45, 7) is 2.05. The number of hydrogen-bond acceptors (Lipinski definition) is 6. The van der Waals surface area contributed by atoms with Crippen molar-refractivity contribution in [2.45, 2.75) is 38.1 Å². The van der Waals surface area contributed by atoms with E-state index in [4.69, 9.17) is 11.6 Å². The first kappa shape index (κ1) is 19.1. The molecular formula is C19H22ClN5O2S. The van der Waals surface area contributed by atoms with E-state index >= 15 is 0 Å². The quantitative estimate of drug-likeness (QED) is 0.778. The highest BCUT2D eigenvalue weighted by Gasteiger charge is 2.34. The van der Waals surface area contributed by atoms with Gasteiger partial charge in [0.25, 0.3) is 0 Å². The standard InChI is InChI=1S/C19H22ClN5O2S/c20-14-7-5-13(6-8-14)9-10-21-17(27)15-3-1-11-24(15)18-22-23-19(28-18)25-12-2-4-16(25)26/h5-8,15H,1-4,9-12H2,(H,21,27)/t15-/m1/s1. The molecule has 1 aromatic heterocycles. The molecule has 0 unspecified atom stereocenters. The molecule has 1 aromatic carbocycles. The van der Waals surface area contributed by atoms with Crippen LogP contribution in [-0.2, 0) is 16.0 Å². The van der Waals surface area contributed by atoms with Gasteiger partial charge in [-0.2, -0.15) is 0 Å². The van der Waals surface area contributed by atoms with E-state index in [-0.39, 0.29) is 17.9 Å². The fourth-order valence-corrected chi connectivity index (χ4v) is 4.74. The van der Waals surface area contributed by atoms with Crippen molar-refractivity contribution in [1.29, 1.82) is 0 Å². The van der Waals surface area contributed by atoms with E-state index in [0.717, 1.165) is 37.8 Å². The smallest absolute Gasteiger partial charge is 0.242 e. The summed E-state index contributed by atoms with van der Waals surface area (Å²) < 4.78 is 0. The topological polar surface area (TPSA) is 78.4 Å². The van der Waals surface area contributed by atoms with Gasteiger partial charge in [0.1, 0.15) is 6.04 Å². The molecular weight excluding hydrogens is 398 g/mol. The van der Waals surface area contributed by atoms with Crippen molar-refractivity contribution in [1.82, 2.24) is 15.5 Å². The van der Waals surface area contributed by atoms with E-state index in [1.165, 1.54) is 11.3 Å². The van der Waals surface area contributed by atoms with Gasteiger partial charge in [-0.15, -0.1) is 10.2 Å². The third-order valence-electron chi connectivity index (χ3n) is 5.14. The normalized spacial score (nSPS) is 19.5. The van der Waals surface area contributed by atoms with Gasteiger partial charge in [-0.05, 0) is 43.4 Å². The van der Waals surface area contributed by atoms with Crippen molar-refractivity contribution in [2.24, 2.45) is 0 Å². The third kappa shape index (κ3) is 4.12. The molecule has 0 spiro atoms. The van der Waals surface area contributed by atoms with E-state index in [2.05, 4.69) is 15.5 Å². The van der Waals surface area contributed by atoms with Crippen LogP contribution in [0.15, 0.2) is 24.3 Å². The van der Waals surface area contributed by atoms with Gasteiger partial charge in [0, 0.05) is 31.1 Å². The summed E-state index contributed by atoms with van der Waals surface area (Å²) in [6, 6.07) is 7.42. The molecule has 0 radical (unpaired) electrons. The van der Waals surface area contributed by atoms with Crippen molar-refractivity contribution in [3.8, 4) is 0 Å². The number of hydrogen-bond donors (Lipinski definition) is 1. The first-order valence-corrected chi connectivity index (χ1v) is 10.7. The number of anilines is 2. The van der Waals surface area contributed by atoms with Crippen molar-refractivity contribution in [2.75, 3.05) is 29.4 Å². The largest absolute Gasteiger partial charge is 0.354 e. The van der Waals surface area contributed by atoms with Crippen LogP contribution in [0.1, 0.15) is 31.2 Å². The predicted molar refractivity (Wildman–Crippen MR) is 110 cm³/mol. The number of benzene rings is 1. The molecule has 7 nitrogen and oxygen atoms in total. The molecule has 28 heavy (non-hydrogen) atoms. The average Bonchev–Trinajstić information content (AvgIpc) is 3.42. The van der Waals surface area contributed by atoms with Crippen LogP contribution in [0.5, 0.6) is 0 Å². The van der Waals surface area contributed by atoms with Crippen molar-refractivity contribution in [3.05, 3.63) is 34.9 Å². The second-order valence-electron chi connectivity index (χ2n) is 7.04. The Morgan fingerprint density at radius 2 is 1.96 bits per heavy atom. The lowest BCUT2D eigenvalue weighted by Crippen LogP contribution is -2.44. The van der Waals surface area contributed by atoms with Crippen LogP contribution in [0.3, 0.4) is 0 Å². The van der Waals surface area contributed by atoms with Gasteiger partial charge < -0.3 is 10.2 Å². The fourth-order valence-electron chi connectivity index (χ4n) is 3.65. The number of carbonyl (C=O) groups is 2. The predicted octanol–water partition coefficient (Wildman–Crippen LogP) is 2.65. The third-order valence-corrected chi connectivity index (χ3v) is 6.37. The van der Waals surface area contributed by atoms with E-state index < -0.39 is 0 Å². The summed E-state index contributed by atoms with van der Waals surface area (Å²) in [4.78, 5) is 28.3. The highest BCUT2D eigenvalue weighted by molar-refractivity contribution is 7.19. The lowest BCUT2D eigenvalue weighted by molar-refractivity contribution is -0.122. The van der Waals surface area contributed by atoms with Crippen LogP contribution in [0.2, 0.25) is 5.02 Å². The van der Waals surface area contributed by atoms with E-state index in [1.54, 1.807) is 4.90 Å². The Morgan fingerprint density at radius 3 is 2.71 bits per heavy atom. The van der Waals surface area contributed by atoms with Gasteiger partial charge in [0.2, 0.25) is 22.1 Å². The van der Waals surface area contributed by atoms with Gasteiger partial charge in [-0.25, -0.2) is 0 Å². The van der Waals surface area contributed by atoms with E-state index in [1.807, 2.05) is 29.2 Å². The molecule has 0 saturated carbocycles. The molecule has 2 fully saturated rings. The maximum Gasteiger partial charge on any atom is 0.242 e. The minimum atomic E-state index is -0.236. The zero-order valence-corrected chi connectivity index (χ0v) is 17.0. The number of amides is 2. The number of nitrogens with zero attached hydrogens (tertiary/aromatic N) is 4. The second kappa shape index (κ2) is 8.45. The highest BCUT2D eigenvalue weighted by Crippen LogP contribution is 2.33. The monoisotopic (exact) mass is 419 g/mol. The van der Waals surface area contributed by atoms with Crippen molar-refractivity contribution in [3.63, 3.8) is 0 Å². The summed E-state index contributed by atoms with van der Waals surface area (Å²) in [5.41, 5.74) is 1.14. The number of aromatic nitrogens is 2. The van der Waals surface area contributed by atoms with Crippen LogP contribution in [0, 0.1) is 0 Å². The zero-order valence-electron chi connectivity index (χ0n) is 15.4. The van der Waals surface area contributed by atoms with E-state index in [9.17, 15) is 9.59 Å². The molecule has 148 valence electrons. The first-order valence-electron chi connectivity index (χ1n) is 9.54. The molecule has 0 bridgehead atoms. The Bertz CT molecular complexity index is 856. The summed E-state index contributed by atoms with van der Waals surface area (Å²) >= 11 is 7.29. The molecule has 2 amide bonds. The number of halogens is 1. The lowest BCUT2D eigenvalue weighted by Gasteiger charge is -2.22. The lowest BCUT2D eigenvalue weighted by atomic mass is 10.1. The molecule has 0 aliphatic carbocycles. The first-order chi connectivity index (χ1) is 13.6. The van der Waals surface area contributed by atoms with Crippen LogP contribution in [0.25, 0.3) is 0 Å². The molecule has 1 N–H and O–H groups in total. The van der Waals surface area contributed by atoms with Gasteiger partial charge >= 0.3 is 0 Å². The van der Waals surface area contributed by atoms with E-state index in [0.29, 0.717) is 34.8 Å². The van der Waals surface area contributed by atoms with Crippen LogP contribution >= 0.6 is 22.9 Å². The number of rotatable bonds is 6. The van der Waals surface area contributed by atoms with Crippen molar-refractivity contribution >= 4 is 45.0 Å². The Hall–Kier alpha value is -2.19. The van der Waals surface area contributed by atoms with Gasteiger partial charge in [0.15, 0.2) is 0 Å². The van der Waals surface area contributed by atoms with Crippen LogP contribution in [0.4, 0.5) is 10.3 Å². The minimum absolute atomic E-state index is 0.0143. The SMILES string of the molecule is O=C(NCCc1ccc(Cl)cc1)[C@H]1CCCN1c1nnc(N2CCCC2=O)s1. The fraction of sp³-hybridized carbons (Fsp3) is 0.474. The molecule has 1 atom stereocenters. The van der Waals surface area contributed by atoms with Gasteiger partial charge in [0.05, 0.1) is 0 Å². The molecule has 3 heterocycles. The molecule has 4 rings (SSSR count). The summed E-state index contributed by atoms with van der Waals surface area (Å²) in [5.74, 6) is 0.112. The molecule has 2 aromatic rings. The van der Waals surface area contributed by atoms with Crippen molar-refractivity contribution < 1.29 is 9.59 Å². The Kier molecular flexibility index (Phi) is 5.77. The van der Waals surface area contributed by atoms with Gasteiger partial charge in [-0.1, -0.05) is 35.1 Å². The average molecular weight is 420 g/mol. The summed E-state index contributed by atoms with van der Waals surface area (Å²) in [6.07, 6.45) is 3.92. The second-order valence-corrected chi connectivity index (χ2v) is 8.41. The minimum Gasteiger partial charge on any atom is -0.354 e. The molecule has 9 heteroatoms. The summed E-state index contributed by atoms with van der Waals surface area (Å²) in [7, 11) is 0. The van der Waals surface area contributed by atoms with Crippen LogP contribution < -0.4 is 15.1 Å². The van der Waals surface area contributed by atoms with Gasteiger partial charge in [-0.3, -0.25) is 14.5 Å². The molecule has 2 aliphatic rings. The number of carbonyl (C=O) groups excluding carboxylic acids is 2. The Balaban J connectivity index is 1.35. The maximum absolute atomic E-state index is 12.7. The number of nitrogens with one attached hydrogen (secondary N) is 1. The Morgan fingerprint density at radius 1 is 1.18 bits per heavy atom. The zero-order chi connectivity index (χ0) is 19.5. The van der Waals surface area contributed by atoms with Crippen LogP contribution in [-0.4, -0.2) is 47.7 Å².